The lowest BCUT2D eigenvalue weighted by atomic mass is 10.1. The highest BCUT2D eigenvalue weighted by molar-refractivity contribution is 5.98. The van der Waals surface area contributed by atoms with E-state index in [9.17, 15) is 9.90 Å². The van der Waals surface area contributed by atoms with Gasteiger partial charge in [0.25, 0.3) is 0 Å². The fraction of sp³-hybridized carbons (Fsp3) is 0.417. The number of carbonyl (C=O) groups is 1. The number of aromatic hydroxyl groups is 1. The molecule has 1 aromatic rings. The summed E-state index contributed by atoms with van der Waals surface area (Å²) >= 11 is 0. The summed E-state index contributed by atoms with van der Waals surface area (Å²) in [7, 11) is 0. The van der Waals surface area contributed by atoms with Gasteiger partial charge in [0.15, 0.2) is 0 Å². The van der Waals surface area contributed by atoms with Gasteiger partial charge in [0, 0.05) is 6.54 Å². The van der Waals surface area contributed by atoms with Crippen LogP contribution in [0.15, 0.2) is 18.2 Å². The third-order valence-corrected chi connectivity index (χ3v) is 3.13. The third-order valence-electron chi connectivity index (χ3n) is 3.13. The molecular formula is C12H16N2O2. The highest BCUT2D eigenvalue weighted by Gasteiger charge is 2.48. The Hall–Kier alpha value is -1.55. The Labute approximate surface area is 94.5 Å². The first-order valence-corrected chi connectivity index (χ1v) is 5.38. The van der Waals surface area contributed by atoms with Crippen LogP contribution in [0.2, 0.25) is 0 Å². The first kappa shape index (κ1) is 11.0. The molecule has 86 valence electrons. The van der Waals surface area contributed by atoms with Crippen LogP contribution in [0.3, 0.4) is 0 Å². The number of phenols is 1. The van der Waals surface area contributed by atoms with Crippen molar-refractivity contribution in [2.75, 3.05) is 11.9 Å². The Bertz CT molecular complexity index is 425. The zero-order valence-electron chi connectivity index (χ0n) is 9.29. The van der Waals surface area contributed by atoms with Crippen LogP contribution in [0.5, 0.6) is 5.75 Å². The molecule has 1 aromatic carbocycles. The monoisotopic (exact) mass is 220 g/mol. The van der Waals surface area contributed by atoms with Crippen LogP contribution in [0.25, 0.3) is 0 Å². The lowest BCUT2D eigenvalue weighted by Crippen LogP contribution is -2.30. The Kier molecular flexibility index (Phi) is 2.59. The number of aryl methyl sites for hydroxylation is 1. The van der Waals surface area contributed by atoms with Gasteiger partial charge >= 0.3 is 0 Å². The van der Waals surface area contributed by atoms with E-state index >= 15 is 0 Å². The second kappa shape index (κ2) is 3.79. The number of anilines is 1. The van der Waals surface area contributed by atoms with Crippen molar-refractivity contribution in [1.29, 1.82) is 0 Å². The van der Waals surface area contributed by atoms with Crippen molar-refractivity contribution >= 4 is 11.6 Å². The molecule has 1 saturated carbocycles. The van der Waals surface area contributed by atoms with Crippen LogP contribution in [0.4, 0.5) is 5.69 Å². The summed E-state index contributed by atoms with van der Waals surface area (Å²) in [5.74, 6) is 0.00247. The van der Waals surface area contributed by atoms with E-state index in [1.54, 1.807) is 18.2 Å². The molecule has 4 N–H and O–H groups in total. The summed E-state index contributed by atoms with van der Waals surface area (Å²) < 4.78 is 0. The average Bonchev–Trinajstić information content (AvgIpc) is 3.04. The predicted octanol–water partition coefficient (Wildman–Crippen LogP) is 1.38. The second-order valence-electron chi connectivity index (χ2n) is 4.46. The van der Waals surface area contributed by atoms with Crippen molar-refractivity contribution in [3.63, 3.8) is 0 Å². The third kappa shape index (κ3) is 1.88. The number of hydrogen-bond donors (Lipinski definition) is 3. The summed E-state index contributed by atoms with van der Waals surface area (Å²) in [6.45, 7) is 2.27. The molecule has 0 spiro atoms. The zero-order chi connectivity index (χ0) is 11.8. The number of nitrogens with two attached hydrogens (primary N) is 1. The standard InChI is InChI=1S/C12H16N2O2/c1-8-2-3-10(15)9(6-8)14-11(16)12(7-13)4-5-12/h2-3,6,15H,4-5,7,13H2,1H3,(H,14,16). The van der Waals surface area contributed by atoms with Crippen LogP contribution in [-0.2, 0) is 4.79 Å². The lowest BCUT2D eigenvalue weighted by molar-refractivity contribution is -0.120. The molecule has 0 saturated heterocycles. The first-order chi connectivity index (χ1) is 7.57. The van der Waals surface area contributed by atoms with Gasteiger partial charge in [-0.05, 0) is 37.5 Å². The van der Waals surface area contributed by atoms with Gasteiger partial charge in [-0.1, -0.05) is 6.07 Å². The van der Waals surface area contributed by atoms with Gasteiger partial charge < -0.3 is 16.2 Å². The maximum Gasteiger partial charge on any atom is 0.231 e. The largest absolute Gasteiger partial charge is 0.506 e. The van der Waals surface area contributed by atoms with Gasteiger partial charge in [-0.25, -0.2) is 0 Å². The molecule has 1 fully saturated rings. The number of phenolic OH excluding ortho intramolecular Hbond substituents is 1. The number of hydrogen-bond acceptors (Lipinski definition) is 3. The molecule has 0 unspecified atom stereocenters. The number of nitrogens with one attached hydrogen (secondary N) is 1. The number of carbonyl (C=O) groups excluding carboxylic acids is 1. The molecule has 1 amide bonds. The van der Waals surface area contributed by atoms with Gasteiger partial charge in [0.05, 0.1) is 11.1 Å². The fourth-order valence-corrected chi connectivity index (χ4v) is 1.68. The SMILES string of the molecule is Cc1ccc(O)c(NC(=O)C2(CN)CC2)c1. The zero-order valence-corrected chi connectivity index (χ0v) is 9.29. The summed E-state index contributed by atoms with van der Waals surface area (Å²) in [6.07, 6.45) is 1.67. The van der Waals surface area contributed by atoms with Crippen LogP contribution >= 0.6 is 0 Å². The van der Waals surface area contributed by atoms with Gasteiger partial charge in [-0.15, -0.1) is 0 Å². The Balaban J connectivity index is 2.15. The van der Waals surface area contributed by atoms with E-state index < -0.39 is 5.41 Å². The molecule has 0 atom stereocenters. The molecule has 0 heterocycles. The molecule has 1 aliphatic carbocycles. The van der Waals surface area contributed by atoms with E-state index in [0.29, 0.717) is 12.2 Å². The van der Waals surface area contributed by atoms with Crippen LogP contribution in [0, 0.1) is 12.3 Å². The van der Waals surface area contributed by atoms with Crippen LogP contribution in [0.1, 0.15) is 18.4 Å². The molecule has 2 rings (SSSR count). The van der Waals surface area contributed by atoms with Crippen molar-refractivity contribution in [3.8, 4) is 5.75 Å². The van der Waals surface area contributed by atoms with Crippen LogP contribution < -0.4 is 11.1 Å². The smallest absolute Gasteiger partial charge is 0.231 e. The van der Waals surface area contributed by atoms with Crippen molar-refractivity contribution in [1.82, 2.24) is 0 Å². The first-order valence-electron chi connectivity index (χ1n) is 5.38. The number of rotatable bonds is 3. The Morgan fingerprint density at radius 2 is 2.25 bits per heavy atom. The maximum absolute atomic E-state index is 11.9. The van der Waals surface area contributed by atoms with E-state index in [-0.39, 0.29) is 11.7 Å². The van der Waals surface area contributed by atoms with Crippen LogP contribution in [-0.4, -0.2) is 17.6 Å². The maximum atomic E-state index is 11.9. The van der Waals surface area contributed by atoms with E-state index in [2.05, 4.69) is 5.32 Å². The summed E-state index contributed by atoms with van der Waals surface area (Å²) in [5.41, 5.74) is 6.63. The summed E-state index contributed by atoms with van der Waals surface area (Å²) in [5, 5.41) is 12.3. The van der Waals surface area contributed by atoms with Crippen molar-refractivity contribution in [2.45, 2.75) is 19.8 Å². The Morgan fingerprint density at radius 3 is 2.81 bits per heavy atom. The number of amides is 1. The molecule has 4 nitrogen and oxygen atoms in total. The predicted molar refractivity (Wildman–Crippen MR) is 62.2 cm³/mol. The van der Waals surface area contributed by atoms with E-state index in [4.69, 9.17) is 5.73 Å². The topological polar surface area (TPSA) is 75.3 Å². The van der Waals surface area contributed by atoms with Gasteiger partial charge in [0.1, 0.15) is 5.75 Å². The van der Waals surface area contributed by atoms with E-state index in [1.165, 1.54) is 0 Å². The lowest BCUT2D eigenvalue weighted by Gasteiger charge is -2.14. The van der Waals surface area contributed by atoms with Crippen molar-refractivity contribution in [3.05, 3.63) is 23.8 Å². The van der Waals surface area contributed by atoms with E-state index in [1.807, 2.05) is 6.92 Å². The molecular weight excluding hydrogens is 204 g/mol. The highest BCUT2D eigenvalue weighted by atomic mass is 16.3. The van der Waals surface area contributed by atoms with Gasteiger partial charge in [0.2, 0.25) is 5.91 Å². The quantitative estimate of drug-likeness (QED) is 0.673. The molecule has 4 heteroatoms. The van der Waals surface area contributed by atoms with Crippen molar-refractivity contribution < 1.29 is 9.90 Å². The van der Waals surface area contributed by atoms with Gasteiger partial charge in [-0.3, -0.25) is 4.79 Å². The number of benzene rings is 1. The molecule has 0 bridgehead atoms. The second-order valence-corrected chi connectivity index (χ2v) is 4.46. The molecule has 16 heavy (non-hydrogen) atoms. The molecule has 0 radical (unpaired) electrons. The van der Waals surface area contributed by atoms with Crippen molar-refractivity contribution in [2.24, 2.45) is 11.1 Å². The molecule has 0 aromatic heterocycles. The summed E-state index contributed by atoms with van der Waals surface area (Å²) in [6, 6.07) is 5.12. The minimum absolute atomic E-state index is 0.0871. The van der Waals surface area contributed by atoms with E-state index in [0.717, 1.165) is 18.4 Å². The highest BCUT2D eigenvalue weighted by Crippen LogP contribution is 2.45. The Morgan fingerprint density at radius 1 is 1.56 bits per heavy atom. The molecule has 0 aliphatic heterocycles. The fourth-order valence-electron chi connectivity index (χ4n) is 1.68. The minimum atomic E-state index is -0.393. The molecule has 1 aliphatic rings. The minimum Gasteiger partial charge on any atom is -0.506 e. The van der Waals surface area contributed by atoms with Gasteiger partial charge in [-0.2, -0.15) is 0 Å². The average molecular weight is 220 g/mol. The normalized spacial score (nSPS) is 16.9. The summed E-state index contributed by atoms with van der Waals surface area (Å²) in [4.78, 5) is 11.9.